The molecule has 0 spiro atoms. The number of urea groups is 1. The molecule has 0 aliphatic carbocycles. The van der Waals surface area contributed by atoms with Crippen LogP contribution >= 0.6 is 15.9 Å². The largest absolute Gasteiger partial charge is 0.497 e. The van der Waals surface area contributed by atoms with E-state index in [2.05, 4.69) is 27.8 Å². The number of carbonyl (C=O) groups excluding carboxylic acids is 1. The lowest BCUT2D eigenvalue weighted by Gasteiger charge is -2.50. The van der Waals surface area contributed by atoms with Crippen LogP contribution in [0, 0.1) is 0 Å². The summed E-state index contributed by atoms with van der Waals surface area (Å²) in [7, 11) is 1.62. The Hall–Kier alpha value is -1.69. The van der Waals surface area contributed by atoms with Crippen molar-refractivity contribution < 1.29 is 14.3 Å². The molecule has 6 heteroatoms. The summed E-state index contributed by atoms with van der Waals surface area (Å²) in [6.45, 7) is 6.08. The lowest BCUT2D eigenvalue weighted by atomic mass is 9.90. The number of fused-ring (bicyclic) bond motifs is 4. The topological polar surface area (TPSA) is 50.8 Å². The standard InChI is InChI=1S/C15H17BrN2O3/c1-4-5-18-14(19)17-12-8-15(18,2)21-13-10(12)6-9(20-3)7-11(13)16/h4,6-7,12H,1,5,8H2,2-3H3,(H,17,19). The van der Waals surface area contributed by atoms with Crippen molar-refractivity contribution in [2.75, 3.05) is 13.7 Å². The second-order valence-corrected chi connectivity index (χ2v) is 6.26. The van der Waals surface area contributed by atoms with Crippen LogP contribution in [0.25, 0.3) is 0 Å². The van der Waals surface area contributed by atoms with E-state index in [0.29, 0.717) is 13.0 Å². The first kappa shape index (κ1) is 14.3. The minimum atomic E-state index is -0.675. The van der Waals surface area contributed by atoms with Crippen LogP contribution in [0.15, 0.2) is 29.3 Å². The van der Waals surface area contributed by atoms with Gasteiger partial charge in [0, 0.05) is 18.5 Å². The lowest BCUT2D eigenvalue weighted by Crippen LogP contribution is -2.64. The first-order chi connectivity index (χ1) is 9.98. The molecule has 3 rings (SSSR count). The van der Waals surface area contributed by atoms with Crippen LogP contribution in [0.2, 0.25) is 0 Å². The summed E-state index contributed by atoms with van der Waals surface area (Å²) < 4.78 is 12.3. The molecular weight excluding hydrogens is 336 g/mol. The molecular formula is C15H17BrN2O3. The van der Waals surface area contributed by atoms with Crippen LogP contribution in [-0.4, -0.2) is 30.3 Å². The van der Waals surface area contributed by atoms with Gasteiger partial charge in [-0.3, -0.25) is 4.90 Å². The van der Waals surface area contributed by atoms with Crippen molar-refractivity contribution in [3.8, 4) is 11.5 Å². The van der Waals surface area contributed by atoms with E-state index in [-0.39, 0.29) is 12.1 Å². The molecule has 1 N–H and O–H groups in total. The molecule has 21 heavy (non-hydrogen) atoms. The maximum absolute atomic E-state index is 12.3. The number of methoxy groups -OCH3 is 1. The number of hydrogen-bond acceptors (Lipinski definition) is 3. The minimum absolute atomic E-state index is 0.0845. The number of nitrogens with one attached hydrogen (secondary N) is 1. The molecule has 0 aromatic heterocycles. The lowest BCUT2D eigenvalue weighted by molar-refractivity contribution is -0.0794. The molecule has 1 fully saturated rings. The van der Waals surface area contributed by atoms with Crippen molar-refractivity contribution in [2.24, 2.45) is 0 Å². The van der Waals surface area contributed by atoms with Crippen molar-refractivity contribution in [3.63, 3.8) is 0 Å². The van der Waals surface area contributed by atoms with Gasteiger partial charge in [-0.1, -0.05) is 6.08 Å². The third-order valence-corrected chi connectivity index (χ3v) is 4.58. The average Bonchev–Trinajstić information content (AvgIpc) is 2.44. The Kier molecular flexibility index (Phi) is 3.36. The molecule has 1 saturated heterocycles. The van der Waals surface area contributed by atoms with Gasteiger partial charge < -0.3 is 14.8 Å². The van der Waals surface area contributed by atoms with Crippen LogP contribution in [0.3, 0.4) is 0 Å². The molecule has 0 radical (unpaired) electrons. The Bertz CT molecular complexity index is 619. The predicted molar refractivity (Wildman–Crippen MR) is 82.5 cm³/mol. The van der Waals surface area contributed by atoms with E-state index in [4.69, 9.17) is 9.47 Å². The molecule has 2 aliphatic heterocycles. The number of halogens is 1. The molecule has 2 amide bonds. The van der Waals surface area contributed by atoms with E-state index >= 15 is 0 Å². The van der Waals surface area contributed by atoms with Crippen LogP contribution in [-0.2, 0) is 0 Å². The third-order valence-electron chi connectivity index (χ3n) is 3.99. The molecule has 112 valence electrons. The highest BCUT2D eigenvalue weighted by Gasteiger charge is 2.49. The highest BCUT2D eigenvalue weighted by Crippen LogP contribution is 2.48. The van der Waals surface area contributed by atoms with Crippen molar-refractivity contribution in [2.45, 2.75) is 25.1 Å². The van der Waals surface area contributed by atoms with Gasteiger partial charge in [-0.15, -0.1) is 6.58 Å². The van der Waals surface area contributed by atoms with Crippen molar-refractivity contribution >= 4 is 22.0 Å². The van der Waals surface area contributed by atoms with Gasteiger partial charge in [-0.05, 0) is 35.0 Å². The summed E-state index contributed by atoms with van der Waals surface area (Å²) in [4.78, 5) is 14.0. The fourth-order valence-corrected chi connectivity index (χ4v) is 3.50. The molecule has 2 bridgehead atoms. The molecule has 2 heterocycles. The molecule has 1 aromatic rings. The zero-order valence-electron chi connectivity index (χ0n) is 12.0. The van der Waals surface area contributed by atoms with Crippen molar-refractivity contribution in [1.29, 1.82) is 0 Å². The number of nitrogens with zero attached hydrogens (tertiary/aromatic N) is 1. The Morgan fingerprint density at radius 2 is 2.43 bits per heavy atom. The maximum Gasteiger partial charge on any atom is 0.321 e. The highest BCUT2D eigenvalue weighted by atomic mass is 79.9. The SMILES string of the molecule is C=CCN1C(=O)NC2CC1(C)Oc1c(Br)cc(OC)cc12. The Morgan fingerprint density at radius 1 is 1.67 bits per heavy atom. The second kappa shape index (κ2) is 4.94. The van der Waals surface area contributed by atoms with E-state index < -0.39 is 5.72 Å². The van der Waals surface area contributed by atoms with Crippen LogP contribution in [0.5, 0.6) is 11.5 Å². The number of hydrogen-bond donors (Lipinski definition) is 1. The van der Waals surface area contributed by atoms with E-state index in [9.17, 15) is 4.79 Å². The van der Waals surface area contributed by atoms with Crippen LogP contribution in [0.4, 0.5) is 4.79 Å². The Labute approximate surface area is 132 Å². The van der Waals surface area contributed by atoms with Crippen molar-refractivity contribution in [1.82, 2.24) is 10.2 Å². The van der Waals surface area contributed by atoms with E-state index in [1.807, 2.05) is 19.1 Å². The number of benzene rings is 1. The summed E-state index contributed by atoms with van der Waals surface area (Å²) in [5, 5.41) is 3.03. The number of amides is 2. The molecule has 5 nitrogen and oxygen atoms in total. The van der Waals surface area contributed by atoms with Gasteiger partial charge in [-0.25, -0.2) is 4.79 Å². The van der Waals surface area contributed by atoms with Crippen LogP contribution < -0.4 is 14.8 Å². The molecule has 0 saturated carbocycles. The smallest absolute Gasteiger partial charge is 0.321 e. The predicted octanol–water partition coefficient (Wildman–Crippen LogP) is 3.21. The fourth-order valence-electron chi connectivity index (χ4n) is 2.96. The Balaban J connectivity index is 2.08. The summed E-state index contributed by atoms with van der Waals surface area (Å²) in [5.74, 6) is 1.49. The van der Waals surface area contributed by atoms with Gasteiger partial charge in [0.05, 0.1) is 17.6 Å². The summed E-state index contributed by atoms with van der Waals surface area (Å²) in [6, 6.07) is 3.55. The zero-order chi connectivity index (χ0) is 15.2. The minimum Gasteiger partial charge on any atom is -0.497 e. The van der Waals surface area contributed by atoms with Gasteiger partial charge >= 0.3 is 6.03 Å². The van der Waals surface area contributed by atoms with Gasteiger partial charge in [0.2, 0.25) is 0 Å². The number of ether oxygens (including phenoxy) is 2. The quantitative estimate of drug-likeness (QED) is 0.849. The zero-order valence-corrected chi connectivity index (χ0v) is 13.6. The first-order valence-corrected chi connectivity index (χ1v) is 7.53. The van der Waals surface area contributed by atoms with Crippen molar-refractivity contribution in [3.05, 3.63) is 34.8 Å². The fraction of sp³-hybridized carbons (Fsp3) is 0.400. The second-order valence-electron chi connectivity index (χ2n) is 5.41. The third kappa shape index (κ3) is 2.18. The summed E-state index contributed by atoms with van der Waals surface area (Å²) in [6.07, 6.45) is 2.38. The number of rotatable bonds is 3. The molecule has 1 aromatic carbocycles. The molecule has 2 atom stereocenters. The van der Waals surface area contributed by atoms with E-state index in [0.717, 1.165) is 21.5 Å². The normalized spacial score (nSPS) is 26.5. The van der Waals surface area contributed by atoms with Gasteiger partial charge in [0.25, 0.3) is 0 Å². The monoisotopic (exact) mass is 352 g/mol. The highest BCUT2D eigenvalue weighted by molar-refractivity contribution is 9.10. The maximum atomic E-state index is 12.3. The van der Waals surface area contributed by atoms with E-state index in [1.54, 1.807) is 18.1 Å². The van der Waals surface area contributed by atoms with Gasteiger partial charge in [-0.2, -0.15) is 0 Å². The molecule has 2 unspecified atom stereocenters. The first-order valence-electron chi connectivity index (χ1n) is 6.74. The van der Waals surface area contributed by atoms with Gasteiger partial charge in [0.15, 0.2) is 5.72 Å². The number of carbonyl (C=O) groups is 1. The van der Waals surface area contributed by atoms with Crippen LogP contribution in [0.1, 0.15) is 24.9 Å². The Morgan fingerprint density at radius 3 is 3.10 bits per heavy atom. The molecule has 2 aliphatic rings. The summed E-state index contributed by atoms with van der Waals surface area (Å²) >= 11 is 3.52. The van der Waals surface area contributed by atoms with Gasteiger partial charge in [0.1, 0.15) is 11.5 Å². The summed E-state index contributed by atoms with van der Waals surface area (Å²) in [5.41, 5.74) is 0.260. The van der Waals surface area contributed by atoms with E-state index in [1.165, 1.54) is 0 Å². The average molecular weight is 353 g/mol.